The maximum atomic E-state index is 11.6. The molecule has 2 unspecified atom stereocenters. The second-order valence-electron chi connectivity index (χ2n) is 5.22. The van der Waals surface area contributed by atoms with Gasteiger partial charge in [0.15, 0.2) is 0 Å². The van der Waals surface area contributed by atoms with Gasteiger partial charge in [0.1, 0.15) is 0 Å². The lowest BCUT2D eigenvalue weighted by molar-refractivity contribution is 0.693. The van der Waals surface area contributed by atoms with E-state index in [2.05, 4.69) is 22.2 Å². The summed E-state index contributed by atoms with van der Waals surface area (Å²) in [4.78, 5) is 18.4. The van der Waals surface area contributed by atoms with Gasteiger partial charge >= 0.3 is 0 Å². The monoisotopic (exact) mass is 258 g/mol. The highest BCUT2D eigenvalue weighted by Crippen LogP contribution is 2.38. The van der Waals surface area contributed by atoms with Crippen LogP contribution in [0.5, 0.6) is 0 Å². The Labute approximate surface area is 111 Å². The van der Waals surface area contributed by atoms with Crippen LogP contribution in [0.2, 0.25) is 0 Å². The number of hydrogen-bond acceptors (Lipinski definition) is 4. The molecule has 0 aliphatic heterocycles. The third kappa shape index (κ3) is 2.28. The summed E-state index contributed by atoms with van der Waals surface area (Å²) >= 11 is 0. The lowest BCUT2D eigenvalue weighted by atomic mass is 10.2. The topological polar surface area (TPSA) is 83.8 Å². The zero-order chi connectivity index (χ0) is 13.4. The molecule has 1 aliphatic carbocycles. The second kappa shape index (κ2) is 4.57. The first-order valence-corrected chi connectivity index (χ1v) is 6.72. The average molecular weight is 258 g/mol. The molecule has 4 N–H and O–H groups in total. The Morgan fingerprint density at radius 3 is 3.16 bits per heavy atom. The summed E-state index contributed by atoms with van der Waals surface area (Å²) in [6.45, 7) is 2.20. The number of nitrogens with one attached hydrogen (secondary N) is 2. The normalized spacial score (nSPS) is 21.5. The fraction of sp³-hybridized carbons (Fsp3) is 0.429. The number of fused-ring (bicyclic) bond motifs is 1. The number of benzene rings is 1. The first-order chi connectivity index (χ1) is 9.19. The van der Waals surface area contributed by atoms with E-state index in [1.165, 1.54) is 25.6 Å². The molecular formula is C14H18N4O. The number of nitrogen functional groups attached to an aromatic ring is 1. The van der Waals surface area contributed by atoms with Crippen LogP contribution in [0.3, 0.4) is 0 Å². The van der Waals surface area contributed by atoms with Crippen LogP contribution in [0.25, 0.3) is 10.9 Å². The Morgan fingerprint density at radius 1 is 1.53 bits per heavy atom. The van der Waals surface area contributed by atoms with Gasteiger partial charge in [-0.1, -0.05) is 13.3 Å². The number of hydrogen-bond donors (Lipinski definition) is 3. The molecular weight excluding hydrogens is 240 g/mol. The molecule has 0 saturated heterocycles. The lowest BCUT2D eigenvalue weighted by Crippen LogP contribution is -2.10. The predicted octanol–water partition coefficient (Wildman–Crippen LogP) is 2.11. The number of aromatic nitrogens is 2. The summed E-state index contributed by atoms with van der Waals surface area (Å²) in [6.07, 6.45) is 5.09. The predicted molar refractivity (Wildman–Crippen MR) is 77.2 cm³/mol. The number of nitrogens with two attached hydrogens (primary N) is 1. The van der Waals surface area contributed by atoms with Crippen LogP contribution in [0, 0.1) is 5.92 Å². The summed E-state index contributed by atoms with van der Waals surface area (Å²) in [5.41, 5.74) is 8.02. The molecule has 0 radical (unpaired) electrons. The zero-order valence-electron chi connectivity index (χ0n) is 10.9. The van der Waals surface area contributed by atoms with E-state index in [9.17, 15) is 4.79 Å². The number of anilines is 2. The quantitative estimate of drug-likeness (QED) is 0.733. The highest BCUT2D eigenvalue weighted by molar-refractivity contribution is 5.88. The number of aromatic amines is 1. The molecule has 1 aromatic carbocycles. The van der Waals surface area contributed by atoms with Crippen molar-refractivity contribution in [2.24, 2.45) is 5.92 Å². The van der Waals surface area contributed by atoms with Crippen LogP contribution in [-0.2, 0) is 0 Å². The van der Waals surface area contributed by atoms with Gasteiger partial charge in [-0.15, -0.1) is 0 Å². The van der Waals surface area contributed by atoms with Gasteiger partial charge in [-0.3, -0.25) is 4.79 Å². The van der Waals surface area contributed by atoms with E-state index >= 15 is 0 Å². The molecule has 1 fully saturated rings. The van der Waals surface area contributed by atoms with Gasteiger partial charge < -0.3 is 16.0 Å². The molecule has 0 amide bonds. The van der Waals surface area contributed by atoms with Gasteiger partial charge in [0.05, 0.1) is 28.6 Å². The minimum absolute atomic E-state index is 0.154. The molecule has 5 nitrogen and oxygen atoms in total. The van der Waals surface area contributed by atoms with Crippen molar-refractivity contribution in [2.75, 3.05) is 11.1 Å². The van der Waals surface area contributed by atoms with E-state index in [1.807, 2.05) is 6.07 Å². The average Bonchev–Trinajstić information content (AvgIpc) is 3.10. The first-order valence-electron chi connectivity index (χ1n) is 6.72. The van der Waals surface area contributed by atoms with E-state index in [0.29, 0.717) is 22.6 Å². The first kappa shape index (κ1) is 12.0. The molecule has 100 valence electrons. The van der Waals surface area contributed by atoms with Gasteiger partial charge in [0.2, 0.25) is 0 Å². The van der Waals surface area contributed by atoms with E-state index < -0.39 is 0 Å². The van der Waals surface area contributed by atoms with Crippen molar-refractivity contribution in [1.82, 2.24) is 9.97 Å². The molecule has 19 heavy (non-hydrogen) atoms. The van der Waals surface area contributed by atoms with Crippen LogP contribution >= 0.6 is 0 Å². The summed E-state index contributed by atoms with van der Waals surface area (Å²) in [7, 11) is 0. The van der Waals surface area contributed by atoms with E-state index in [4.69, 9.17) is 5.73 Å². The van der Waals surface area contributed by atoms with Gasteiger partial charge in [-0.25, -0.2) is 4.98 Å². The van der Waals surface area contributed by atoms with Crippen LogP contribution < -0.4 is 16.6 Å². The Balaban J connectivity index is 1.88. The Bertz CT molecular complexity index is 664. The van der Waals surface area contributed by atoms with Crippen molar-refractivity contribution < 1.29 is 0 Å². The van der Waals surface area contributed by atoms with E-state index in [0.717, 1.165) is 11.6 Å². The van der Waals surface area contributed by atoms with Crippen molar-refractivity contribution in [3.8, 4) is 0 Å². The van der Waals surface area contributed by atoms with Crippen LogP contribution in [0.15, 0.2) is 23.3 Å². The van der Waals surface area contributed by atoms with Crippen molar-refractivity contribution in [1.29, 1.82) is 0 Å². The van der Waals surface area contributed by atoms with Crippen molar-refractivity contribution >= 4 is 22.3 Å². The summed E-state index contributed by atoms with van der Waals surface area (Å²) < 4.78 is 0. The van der Waals surface area contributed by atoms with Crippen molar-refractivity contribution in [2.45, 2.75) is 32.2 Å². The van der Waals surface area contributed by atoms with E-state index in [-0.39, 0.29) is 5.56 Å². The SMILES string of the molecule is CCCC1CC1Nc1cc2nc[nH]c(=O)c2cc1N. The highest BCUT2D eigenvalue weighted by Gasteiger charge is 2.36. The number of rotatable bonds is 4. The van der Waals surface area contributed by atoms with Crippen molar-refractivity contribution in [3.05, 3.63) is 28.8 Å². The lowest BCUT2D eigenvalue weighted by Gasteiger charge is -2.10. The fourth-order valence-electron chi connectivity index (χ4n) is 2.57. The summed E-state index contributed by atoms with van der Waals surface area (Å²) in [5, 5.41) is 3.99. The molecule has 3 rings (SSSR count). The molecule has 1 aromatic heterocycles. The molecule has 1 heterocycles. The van der Waals surface area contributed by atoms with Gasteiger partial charge in [0, 0.05) is 6.04 Å². The fourth-order valence-corrected chi connectivity index (χ4v) is 2.57. The largest absolute Gasteiger partial charge is 0.397 e. The Morgan fingerprint density at radius 2 is 2.37 bits per heavy atom. The Hall–Kier alpha value is -2.04. The molecule has 0 bridgehead atoms. The minimum Gasteiger partial charge on any atom is -0.397 e. The Kier molecular flexibility index (Phi) is 2.89. The minimum atomic E-state index is -0.154. The molecule has 0 spiro atoms. The summed E-state index contributed by atoms with van der Waals surface area (Å²) in [6, 6.07) is 4.07. The van der Waals surface area contributed by atoms with Crippen LogP contribution in [0.4, 0.5) is 11.4 Å². The van der Waals surface area contributed by atoms with Crippen molar-refractivity contribution in [3.63, 3.8) is 0 Å². The maximum Gasteiger partial charge on any atom is 0.258 e. The van der Waals surface area contributed by atoms with Gasteiger partial charge in [-0.05, 0) is 30.9 Å². The smallest absolute Gasteiger partial charge is 0.258 e. The molecule has 5 heteroatoms. The molecule has 1 saturated carbocycles. The number of H-pyrrole nitrogens is 1. The molecule has 1 aliphatic rings. The summed E-state index contributed by atoms with van der Waals surface area (Å²) in [5.74, 6) is 0.757. The van der Waals surface area contributed by atoms with Gasteiger partial charge in [-0.2, -0.15) is 0 Å². The zero-order valence-corrected chi connectivity index (χ0v) is 10.9. The standard InChI is InChI=1S/C14H18N4O/c1-2-3-8-4-11(8)18-13-6-12-9(5-10(13)15)14(19)17-7-16-12/h5-8,11,18H,2-4,15H2,1H3,(H,16,17,19). The molecule has 2 aromatic rings. The highest BCUT2D eigenvalue weighted by atomic mass is 16.1. The van der Waals surface area contributed by atoms with E-state index in [1.54, 1.807) is 6.07 Å². The maximum absolute atomic E-state index is 11.6. The number of nitrogens with zero attached hydrogens (tertiary/aromatic N) is 1. The second-order valence-corrected chi connectivity index (χ2v) is 5.22. The van der Waals surface area contributed by atoms with Crippen LogP contribution in [0.1, 0.15) is 26.2 Å². The third-order valence-electron chi connectivity index (χ3n) is 3.73. The molecule has 2 atom stereocenters. The van der Waals surface area contributed by atoms with Crippen LogP contribution in [-0.4, -0.2) is 16.0 Å². The third-order valence-corrected chi connectivity index (χ3v) is 3.73. The van der Waals surface area contributed by atoms with Gasteiger partial charge in [0.25, 0.3) is 5.56 Å².